The van der Waals surface area contributed by atoms with Gasteiger partial charge in [-0.2, -0.15) is 0 Å². The minimum Gasteiger partial charge on any atom is -0.441 e. The van der Waals surface area contributed by atoms with Crippen LogP contribution >= 0.6 is 0 Å². The fourth-order valence-electron chi connectivity index (χ4n) is 5.18. The summed E-state index contributed by atoms with van der Waals surface area (Å²) in [4.78, 5) is 48.5. The van der Waals surface area contributed by atoms with Crippen LogP contribution in [0, 0.1) is 16.2 Å². The molecule has 0 atom stereocenters. The summed E-state index contributed by atoms with van der Waals surface area (Å²) in [7, 11) is 0. The van der Waals surface area contributed by atoms with Crippen molar-refractivity contribution in [3.05, 3.63) is 102 Å². The molecular weight excluding hydrogens is 624 g/mol. The summed E-state index contributed by atoms with van der Waals surface area (Å²) in [5.74, 6) is 0. The molecule has 0 fully saturated rings. The third-order valence-corrected chi connectivity index (χ3v) is 7.09. The summed E-state index contributed by atoms with van der Waals surface area (Å²) in [6.45, 7) is 4.26. The number of hydrogen-bond acceptors (Lipinski definition) is 12. The van der Waals surface area contributed by atoms with Crippen LogP contribution in [0.4, 0.5) is 0 Å². The van der Waals surface area contributed by atoms with Crippen molar-refractivity contribution in [1.29, 1.82) is 16.2 Å². The highest BCUT2D eigenvalue weighted by Gasteiger charge is 2.13. The molecule has 240 valence electrons. The maximum atomic E-state index is 13.2. The summed E-state index contributed by atoms with van der Waals surface area (Å²) >= 11 is 0. The van der Waals surface area contributed by atoms with Crippen LogP contribution in [0.5, 0.6) is 0 Å². The maximum absolute atomic E-state index is 13.2. The Hall–Kier alpha value is -6.90. The fourth-order valence-corrected chi connectivity index (χ4v) is 5.18. The van der Waals surface area contributed by atoms with E-state index < -0.39 is 16.3 Å². The van der Waals surface area contributed by atoms with Crippen molar-refractivity contribution in [2.45, 2.75) is 20.8 Å². The van der Waals surface area contributed by atoms with Crippen LogP contribution in [0.25, 0.3) is 67.8 Å². The van der Waals surface area contributed by atoms with E-state index in [1.807, 2.05) is 0 Å². The average molecular weight is 649 g/mol. The maximum Gasteiger partial charge on any atom is 0.213 e. The van der Waals surface area contributed by atoms with E-state index in [0.29, 0.717) is 0 Å². The van der Waals surface area contributed by atoms with Crippen molar-refractivity contribution in [3.63, 3.8) is 0 Å². The topological polar surface area (TPSA) is 249 Å². The predicted molar refractivity (Wildman–Crippen MR) is 177 cm³/mol. The number of H-pyrrole nitrogens is 3. The zero-order valence-electron chi connectivity index (χ0n) is 25.4. The Morgan fingerprint density at radius 3 is 0.875 bits per heavy atom. The standard InChI is InChI=1S/C33H24N6O9/c1-13(34)28-22(40)10-25-37-31(28)46-19-7-20-9-21(8-19)48-33-30(15(3)36)24(42)12-27(39-33)45-18-5-16(43-25)4-17(6-18)44-26-11-23(41)29(14(2)35)32(38-26)47-20/h4-12,34-36H,1-3H3,(H,37,40)(H,38,41)(H,39,42). The zero-order chi connectivity index (χ0) is 33.9. The molecule has 0 saturated heterocycles. The number of benzene rings is 2. The lowest BCUT2D eigenvalue weighted by Crippen LogP contribution is -2.13. The van der Waals surface area contributed by atoms with E-state index in [-0.39, 0.29) is 102 Å². The van der Waals surface area contributed by atoms with Gasteiger partial charge in [0.2, 0.25) is 34.3 Å². The lowest BCUT2D eigenvalue weighted by molar-refractivity contribution is 0.590. The molecule has 0 spiro atoms. The summed E-state index contributed by atoms with van der Waals surface area (Å²) in [6, 6.07) is 12.0. The molecule has 8 aromatic rings. The monoisotopic (exact) mass is 648 g/mol. The lowest BCUT2D eigenvalue weighted by Gasteiger charge is -2.04. The van der Waals surface area contributed by atoms with Gasteiger partial charge in [0, 0.05) is 71.7 Å². The Balaban J connectivity index is 1.89. The van der Waals surface area contributed by atoms with Gasteiger partial charge in [0.25, 0.3) is 0 Å². The molecule has 48 heavy (non-hydrogen) atoms. The number of rotatable bonds is 3. The van der Waals surface area contributed by atoms with Gasteiger partial charge < -0.3 is 42.7 Å². The molecule has 2 aromatic carbocycles. The van der Waals surface area contributed by atoms with Crippen molar-refractivity contribution in [3.8, 4) is 0 Å². The van der Waals surface area contributed by atoms with E-state index in [1.165, 1.54) is 57.2 Å². The van der Waals surface area contributed by atoms with Crippen molar-refractivity contribution in [1.82, 2.24) is 15.0 Å². The van der Waals surface area contributed by atoms with E-state index in [0.717, 1.165) is 18.2 Å². The molecule has 6 N–H and O–H groups in total. The van der Waals surface area contributed by atoms with Gasteiger partial charge >= 0.3 is 0 Å². The molecule has 6 aromatic heterocycles. The molecule has 0 amide bonds. The minimum absolute atomic E-state index is 0.0204. The number of pyridine rings is 3. The first-order valence-corrected chi connectivity index (χ1v) is 14.3. The van der Waals surface area contributed by atoms with Gasteiger partial charge in [-0.3, -0.25) is 29.3 Å². The van der Waals surface area contributed by atoms with Crippen LogP contribution in [0.1, 0.15) is 37.5 Å². The first-order valence-electron chi connectivity index (χ1n) is 14.3. The summed E-state index contributed by atoms with van der Waals surface area (Å²) in [5, 5.41) is 24.8. The second-order valence-electron chi connectivity index (χ2n) is 10.9. The van der Waals surface area contributed by atoms with Crippen molar-refractivity contribution in [2.24, 2.45) is 0 Å². The van der Waals surface area contributed by atoms with Crippen LogP contribution in [-0.2, 0) is 0 Å². The van der Waals surface area contributed by atoms with Crippen LogP contribution < -0.4 is 16.3 Å². The number of nitrogens with one attached hydrogen (secondary N) is 6. The van der Waals surface area contributed by atoms with Gasteiger partial charge in [-0.05, 0) is 20.8 Å². The number of hydrogen-bond donors (Lipinski definition) is 6. The molecule has 0 saturated carbocycles. The van der Waals surface area contributed by atoms with Crippen LogP contribution in [-0.4, -0.2) is 32.1 Å². The highest BCUT2D eigenvalue weighted by atomic mass is 16.4. The van der Waals surface area contributed by atoms with Gasteiger partial charge in [-0.15, -0.1) is 0 Å². The molecule has 0 aliphatic carbocycles. The SMILES string of the molecule is CC(=N)c1c(=O)cc2[nH]c1oc1cc3cc(c1)oc1[nH]c(cc(=O)c1C(C)=N)oc1cc(cc(c1)oc1cc(=O)c(C(C)=N)c([nH]1)o3)o2. The first-order chi connectivity index (χ1) is 22.9. The van der Waals surface area contributed by atoms with Crippen LogP contribution in [0.15, 0.2) is 95.5 Å². The Labute approximate surface area is 265 Å². The molecule has 0 aliphatic rings. The van der Waals surface area contributed by atoms with Gasteiger partial charge in [0.05, 0.1) is 0 Å². The second kappa shape index (κ2) is 11.2. The largest absolute Gasteiger partial charge is 0.441 e. The highest BCUT2D eigenvalue weighted by Crippen LogP contribution is 2.21. The van der Waals surface area contributed by atoms with E-state index in [1.54, 1.807) is 0 Å². The molecule has 15 nitrogen and oxygen atoms in total. The minimum atomic E-state index is -0.571. The van der Waals surface area contributed by atoms with E-state index in [9.17, 15) is 14.4 Å². The molecule has 0 unspecified atom stereocenters. The Morgan fingerprint density at radius 2 is 0.646 bits per heavy atom. The predicted octanol–water partition coefficient (Wildman–Crippen LogP) is 6.77. The number of aromatic amines is 3. The summed E-state index contributed by atoms with van der Waals surface area (Å²) in [6.07, 6.45) is 0. The Bertz CT molecular complexity index is 2560. The number of aromatic nitrogens is 3. The molecule has 0 aliphatic heterocycles. The Kier molecular flexibility index (Phi) is 6.93. The van der Waals surface area contributed by atoms with Crippen LogP contribution in [0.3, 0.4) is 0 Å². The molecule has 6 heterocycles. The van der Waals surface area contributed by atoms with Gasteiger partial charge in [0.15, 0.2) is 16.3 Å². The first kappa shape index (κ1) is 29.8. The Morgan fingerprint density at radius 1 is 0.417 bits per heavy atom. The van der Waals surface area contributed by atoms with Crippen molar-refractivity contribution in [2.75, 3.05) is 0 Å². The summed E-state index contributed by atoms with van der Waals surface area (Å²) < 4.78 is 36.5. The summed E-state index contributed by atoms with van der Waals surface area (Å²) in [5.41, 5.74) is -2.56. The quantitative estimate of drug-likeness (QED) is 0.110. The van der Waals surface area contributed by atoms with Crippen molar-refractivity contribution < 1.29 is 26.5 Å². The second-order valence-corrected chi connectivity index (χ2v) is 10.9. The molecule has 8 rings (SSSR count). The van der Waals surface area contributed by atoms with Gasteiger partial charge in [-0.1, -0.05) is 0 Å². The van der Waals surface area contributed by atoms with Gasteiger partial charge in [-0.25, -0.2) is 0 Å². The molecule has 15 heteroatoms. The normalized spacial score (nSPS) is 11.3. The fraction of sp³-hybridized carbons (Fsp3) is 0.0909. The third kappa shape index (κ3) is 5.55. The molecule has 12 bridgehead atoms. The van der Waals surface area contributed by atoms with E-state index in [4.69, 9.17) is 42.7 Å². The van der Waals surface area contributed by atoms with E-state index in [2.05, 4.69) is 15.0 Å². The van der Waals surface area contributed by atoms with Crippen molar-refractivity contribution >= 4 is 84.9 Å². The van der Waals surface area contributed by atoms with Crippen LogP contribution in [0.2, 0.25) is 0 Å². The molecular formula is C33H24N6O9. The lowest BCUT2D eigenvalue weighted by atomic mass is 10.2. The third-order valence-electron chi connectivity index (χ3n) is 7.09. The average Bonchev–Trinajstić information content (AvgIpc) is 2.94. The van der Waals surface area contributed by atoms with Gasteiger partial charge in [0.1, 0.15) is 50.2 Å². The van der Waals surface area contributed by atoms with E-state index >= 15 is 0 Å². The zero-order valence-corrected chi connectivity index (χ0v) is 25.4. The highest BCUT2D eigenvalue weighted by molar-refractivity contribution is 6.02. The smallest absolute Gasteiger partial charge is 0.213 e. The molecule has 0 radical (unpaired) electrons.